The minimum atomic E-state index is -4.21. The highest BCUT2D eigenvalue weighted by Crippen LogP contribution is 2.39. The molecule has 2 fully saturated rings. The molecule has 0 spiro atoms. The van der Waals surface area contributed by atoms with Crippen LogP contribution in [0.1, 0.15) is 12.8 Å². The number of aromatic hydroxyl groups is 1. The lowest BCUT2D eigenvalue weighted by molar-refractivity contribution is -0.117. The molecule has 132 valence electrons. The Kier molecular flexibility index (Phi) is 3.50. The highest BCUT2D eigenvalue weighted by atomic mass is 32.2. The van der Waals surface area contributed by atoms with Gasteiger partial charge in [-0.1, -0.05) is 0 Å². The lowest BCUT2D eigenvalue weighted by atomic mass is 10.1. The Morgan fingerprint density at radius 2 is 2.04 bits per heavy atom. The van der Waals surface area contributed by atoms with E-state index in [2.05, 4.69) is 0 Å². The van der Waals surface area contributed by atoms with Crippen molar-refractivity contribution < 1.29 is 22.7 Å². The average molecular weight is 365 g/mol. The van der Waals surface area contributed by atoms with E-state index in [9.17, 15) is 18.3 Å². The maximum atomic E-state index is 15.0. The van der Waals surface area contributed by atoms with E-state index in [1.54, 1.807) is 17.0 Å². The minimum absolute atomic E-state index is 0.164. The number of anilines is 1. The first-order valence-electron chi connectivity index (χ1n) is 7.86. The summed E-state index contributed by atoms with van der Waals surface area (Å²) in [5, 5.41) is 9.98. The first-order valence-corrected chi connectivity index (χ1v) is 9.30. The number of carbonyl (C=O) groups is 1. The van der Waals surface area contributed by atoms with Crippen molar-refractivity contribution in [2.75, 3.05) is 10.8 Å². The first-order chi connectivity index (χ1) is 11.8. The van der Waals surface area contributed by atoms with Gasteiger partial charge in [0.25, 0.3) is 5.91 Å². The monoisotopic (exact) mass is 365 g/mol. The molecule has 1 saturated heterocycles. The Balaban J connectivity index is 1.75. The molecule has 1 aliphatic heterocycles. The van der Waals surface area contributed by atoms with Gasteiger partial charge in [0.05, 0.1) is 0 Å². The van der Waals surface area contributed by atoms with Gasteiger partial charge in [-0.3, -0.25) is 4.79 Å². The zero-order chi connectivity index (χ0) is 17.8. The van der Waals surface area contributed by atoms with Crippen molar-refractivity contribution in [3.63, 3.8) is 0 Å². The summed E-state index contributed by atoms with van der Waals surface area (Å²) < 4.78 is 43.2. The van der Waals surface area contributed by atoms with Crippen LogP contribution < -0.4 is 9.03 Å². The maximum absolute atomic E-state index is 15.0. The van der Waals surface area contributed by atoms with E-state index >= 15 is 4.39 Å². The fraction of sp³-hybridized carbons (Fsp3) is 0.312. The molecular weight excluding hydrogens is 349 g/mol. The average Bonchev–Trinajstić information content (AvgIpc) is 3.14. The van der Waals surface area contributed by atoms with Gasteiger partial charge >= 0.3 is 10.2 Å². The molecule has 0 bridgehead atoms. The summed E-state index contributed by atoms with van der Waals surface area (Å²) in [7, 11) is -4.21. The van der Waals surface area contributed by atoms with Gasteiger partial charge in [-0.05, 0) is 37.0 Å². The van der Waals surface area contributed by atoms with Crippen molar-refractivity contribution in [2.24, 2.45) is 5.92 Å². The van der Waals surface area contributed by atoms with Gasteiger partial charge in [0.1, 0.15) is 18.0 Å². The highest BCUT2D eigenvalue weighted by Gasteiger charge is 2.38. The highest BCUT2D eigenvalue weighted by molar-refractivity contribution is 7.92. The minimum Gasteiger partial charge on any atom is -0.506 e. The molecule has 0 radical (unpaired) electrons. The molecule has 0 atom stereocenters. The second kappa shape index (κ2) is 5.48. The molecule has 1 aromatic heterocycles. The lowest BCUT2D eigenvalue weighted by Gasteiger charge is -2.18. The summed E-state index contributed by atoms with van der Waals surface area (Å²) in [6.07, 6.45) is 6.02. The predicted molar refractivity (Wildman–Crippen MR) is 88.6 cm³/mol. The molecule has 25 heavy (non-hydrogen) atoms. The molecule has 4 rings (SSSR count). The summed E-state index contributed by atoms with van der Waals surface area (Å²) in [4.78, 5) is 11.4. The summed E-state index contributed by atoms with van der Waals surface area (Å²) in [6.45, 7) is 0.296. The van der Waals surface area contributed by atoms with Crippen LogP contribution in [-0.2, 0) is 21.5 Å². The standard InChI is InChI=1S/C16H16FN3O4S/c17-15-12(11-5-6-19(8-11)7-10-1-2-10)3-4-13(21)16(15)20-9-14(22)18-25(20,23)24/h3-6,8,10,21H,1-2,7,9H2,(H,18,22). The van der Waals surface area contributed by atoms with Crippen LogP contribution in [0.2, 0.25) is 0 Å². The second-order valence-corrected chi connectivity index (χ2v) is 7.97. The first kappa shape index (κ1) is 15.9. The number of halogens is 1. The van der Waals surface area contributed by atoms with Gasteiger partial charge in [0.15, 0.2) is 5.82 Å². The lowest BCUT2D eigenvalue weighted by Crippen LogP contribution is -2.30. The van der Waals surface area contributed by atoms with Gasteiger partial charge in [-0.2, -0.15) is 8.42 Å². The molecule has 1 saturated carbocycles. The summed E-state index contributed by atoms with van der Waals surface area (Å²) in [6, 6.07) is 4.36. The quantitative estimate of drug-likeness (QED) is 0.861. The number of phenolic OH excluding ortho intramolecular Hbond substituents is 1. The van der Waals surface area contributed by atoms with E-state index in [1.165, 1.54) is 25.0 Å². The number of hydrogen-bond acceptors (Lipinski definition) is 4. The Morgan fingerprint density at radius 3 is 2.68 bits per heavy atom. The van der Waals surface area contributed by atoms with Crippen LogP contribution in [0, 0.1) is 11.7 Å². The molecule has 0 unspecified atom stereocenters. The molecule has 7 nitrogen and oxygen atoms in total. The fourth-order valence-corrected chi connectivity index (χ4v) is 4.14. The van der Waals surface area contributed by atoms with E-state index in [4.69, 9.17) is 0 Å². The van der Waals surface area contributed by atoms with Crippen LogP contribution in [0.15, 0.2) is 30.6 Å². The maximum Gasteiger partial charge on any atom is 0.326 e. The third kappa shape index (κ3) is 2.84. The Bertz CT molecular complexity index is 966. The van der Waals surface area contributed by atoms with Gasteiger partial charge in [-0.25, -0.2) is 13.4 Å². The van der Waals surface area contributed by atoms with Gasteiger partial charge < -0.3 is 9.67 Å². The van der Waals surface area contributed by atoms with Crippen LogP contribution >= 0.6 is 0 Å². The van der Waals surface area contributed by atoms with Crippen molar-refractivity contribution in [1.29, 1.82) is 0 Å². The van der Waals surface area contributed by atoms with E-state index in [1.807, 2.05) is 10.8 Å². The molecule has 1 aliphatic carbocycles. The zero-order valence-corrected chi connectivity index (χ0v) is 14.0. The molecule has 9 heteroatoms. The van der Waals surface area contributed by atoms with Crippen LogP contribution in [0.25, 0.3) is 11.1 Å². The third-order valence-corrected chi connectivity index (χ3v) is 5.77. The van der Waals surface area contributed by atoms with Gasteiger partial charge in [0, 0.05) is 30.1 Å². The number of rotatable bonds is 4. The number of amides is 1. The largest absolute Gasteiger partial charge is 0.506 e. The van der Waals surface area contributed by atoms with Crippen molar-refractivity contribution in [3.8, 4) is 16.9 Å². The smallest absolute Gasteiger partial charge is 0.326 e. The second-order valence-electron chi connectivity index (χ2n) is 6.37. The van der Waals surface area contributed by atoms with Crippen LogP contribution in [0.4, 0.5) is 10.1 Å². The van der Waals surface area contributed by atoms with E-state index in [0.717, 1.165) is 6.54 Å². The Hall–Kier alpha value is -2.55. The summed E-state index contributed by atoms with van der Waals surface area (Å²) in [5.41, 5.74) is 0.220. The molecule has 1 amide bonds. The zero-order valence-electron chi connectivity index (χ0n) is 13.1. The number of carbonyl (C=O) groups excluding carboxylic acids is 1. The van der Waals surface area contributed by atoms with Crippen LogP contribution in [0.5, 0.6) is 5.75 Å². The molecule has 2 aliphatic rings. The van der Waals surface area contributed by atoms with Gasteiger partial charge in [-0.15, -0.1) is 0 Å². The molecule has 2 N–H and O–H groups in total. The van der Waals surface area contributed by atoms with Gasteiger partial charge in [0.2, 0.25) is 0 Å². The van der Waals surface area contributed by atoms with E-state index in [0.29, 0.717) is 15.8 Å². The predicted octanol–water partition coefficient (Wildman–Crippen LogP) is 1.59. The number of aromatic nitrogens is 1. The van der Waals surface area contributed by atoms with E-state index in [-0.39, 0.29) is 5.56 Å². The topological polar surface area (TPSA) is 91.6 Å². The van der Waals surface area contributed by atoms with Crippen molar-refractivity contribution >= 4 is 21.8 Å². The van der Waals surface area contributed by atoms with E-state index < -0.39 is 39.9 Å². The molecule has 2 heterocycles. The van der Waals surface area contributed by atoms with Crippen molar-refractivity contribution in [3.05, 3.63) is 36.4 Å². The SMILES string of the molecule is O=C1CN(c2c(O)ccc(-c3ccn(CC4CC4)c3)c2F)S(=O)(=O)N1. The summed E-state index contributed by atoms with van der Waals surface area (Å²) in [5.74, 6) is -1.55. The summed E-state index contributed by atoms with van der Waals surface area (Å²) >= 11 is 0. The third-order valence-electron chi connectivity index (χ3n) is 4.39. The van der Waals surface area contributed by atoms with Crippen LogP contribution in [0.3, 0.4) is 0 Å². The Labute approximate surface area is 143 Å². The number of nitrogens with one attached hydrogen (secondary N) is 1. The van der Waals surface area contributed by atoms with Crippen LogP contribution in [-0.4, -0.2) is 30.5 Å². The number of nitrogens with zero attached hydrogens (tertiary/aromatic N) is 2. The number of phenols is 1. The van der Waals surface area contributed by atoms with Crippen molar-refractivity contribution in [1.82, 2.24) is 9.29 Å². The Morgan fingerprint density at radius 1 is 1.28 bits per heavy atom. The number of hydrogen-bond donors (Lipinski definition) is 2. The molecular formula is C16H16FN3O4S. The molecule has 2 aromatic rings. The van der Waals surface area contributed by atoms with Crippen molar-refractivity contribution in [2.45, 2.75) is 19.4 Å². The fourth-order valence-electron chi connectivity index (χ4n) is 2.97. The molecule has 1 aromatic carbocycles. The normalized spacial score (nSPS) is 19.2. The number of benzene rings is 1.